The summed E-state index contributed by atoms with van der Waals surface area (Å²) in [5.41, 5.74) is 3.99. The second-order valence-electron chi connectivity index (χ2n) is 9.46. The number of amides is 3. The Bertz CT molecular complexity index is 801. The van der Waals surface area contributed by atoms with Crippen LogP contribution in [0.15, 0.2) is 12.1 Å². The quantitative estimate of drug-likeness (QED) is 0.680. The molecule has 0 unspecified atom stereocenters. The molecule has 0 spiro atoms. The van der Waals surface area contributed by atoms with Crippen LogP contribution in [0.5, 0.6) is 0 Å². The lowest BCUT2D eigenvalue weighted by atomic mass is 9.86. The summed E-state index contributed by atoms with van der Waals surface area (Å²) in [5.74, 6) is 0.420. The van der Waals surface area contributed by atoms with Gasteiger partial charge in [-0.2, -0.15) is 0 Å². The molecule has 1 saturated carbocycles. The molecule has 2 aliphatic rings. The van der Waals surface area contributed by atoms with Crippen molar-refractivity contribution in [3.63, 3.8) is 0 Å². The zero-order valence-corrected chi connectivity index (χ0v) is 19.8. The van der Waals surface area contributed by atoms with Crippen LogP contribution in [-0.2, 0) is 14.4 Å². The van der Waals surface area contributed by atoms with Crippen LogP contribution in [0, 0.1) is 26.7 Å². The van der Waals surface area contributed by atoms with Gasteiger partial charge in [-0.25, -0.2) is 0 Å². The minimum atomic E-state index is -0.230. The molecule has 2 fully saturated rings. The molecular formula is C25H38N4O3. The van der Waals surface area contributed by atoms with Crippen LogP contribution in [-0.4, -0.2) is 66.8 Å². The molecule has 0 aromatic heterocycles. The van der Waals surface area contributed by atoms with E-state index in [1.54, 1.807) is 0 Å². The van der Waals surface area contributed by atoms with Gasteiger partial charge in [-0.05, 0) is 50.7 Å². The second kappa shape index (κ2) is 11.5. The molecule has 3 rings (SSSR count). The van der Waals surface area contributed by atoms with Crippen LogP contribution >= 0.6 is 0 Å². The number of nitrogens with one attached hydrogen (secondary N) is 2. The SMILES string of the molecule is Cc1cc(C)c(NC(=O)CNC(=O)CN2CCN(C(=O)CC3CCCCC3)CC2)c(C)c1. The average Bonchev–Trinajstić information content (AvgIpc) is 2.76. The van der Waals surface area contributed by atoms with Crippen molar-refractivity contribution >= 4 is 23.4 Å². The highest BCUT2D eigenvalue weighted by molar-refractivity contribution is 5.96. The lowest BCUT2D eigenvalue weighted by Crippen LogP contribution is -2.51. The van der Waals surface area contributed by atoms with E-state index in [2.05, 4.69) is 10.6 Å². The van der Waals surface area contributed by atoms with E-state index in [4.69, 9.17) is 0 Å². The third kappa shape index (κ3) is 7.05. The Labute approximate surface area is 191 Å². The molecule has 0 atom stereocenters. The van der Waals surface area contributed by atoms with Gasteiger partial charge in [0.15, 0.2) is 0 Å². The molecule has 2 N–H and O–H groups in total. The van der Waals surface area contributed by atoms with Gasteiger partial charge in [0.05, 0.1) is 13.1 Å². The Hall–Kier alpha value is -2.41. The van der Waals surface area contributed by atoms with Gasteiger partial charge >= 0.3 is 0 Å². The topological polar surface area (TPSA) is 81.8 Å². The first kappa shape index (κ1) is 24.2. The Morgan fingerprint density at radius 3 is 2.16 bits per heavy atom. The van der Waals surface area contributed by atoms with E-state index in [-0.39, 0.29) is 30.8 Å². The molecule has 1 aromatic rings. The number of hydrogen-bond acceptors (Lipinski definition) is 4. The van der Waals surface area contributed by atoms with Crippen LogP contribution in [0.4, 0.5) is 5.69 Å². The first-order valence-corrected chi connectivity index (χ1v) is 12.0. The third-order valence-electron chi connectivity index (χ3n) is 6.67. The van der Waals surface area contributed by atoms with Crippen molar-refractivity contribution in [2.24, 2.45) is 5.92 Å². The van der Waals surface area contributed by atoms with Gasteiger partial charge < -0.3 is 15.5 Å². The summed E-state index contributed by atoms with van der Waals surface area (Å²) in [5, 5.41) is 5.62. The molecule has 176 valence electrons. The zero-order valence-electron chi connectivity index (χ0n) is 19.8. The van der Waals surface area contributed by atoms with Crippen LogP contribution in [0.1, 0.15) is 55.2 Å². The summed E-state index contributed by atoms with van der Waals surface area (Å²) in [6.45, 7) is 8.89. The maximum atomic E-state index is 12.6. The average molecular weight is 443 g/mol. The first-order valence-electron chi connectivity index (χ1n) is 12.0. The highest BCUT2D eigenvalue weighted by Gasteiger charge is 2.25. The van der Waals surface area contributed by atoms with Gasteiger partial charge in [0.1, 0.15) is 0 Å². The maximum absolute atomic E-state index is 12.6. The van der Waals surface area contributed by atoms with Gasteiger partial charge in [0, 0.05) is 38.3 Å². The Kier molecular flexibility index (Phi) is 8.67. The number of piperazine rings is 1. The van der Waals surface area contributed by atoms with E-state index in [0.29, 0.717) is 38.5 Å². The number of carbonyl (C=O) groups excluding carboxylic acids is 3. The summed E-state index contributed by atoms with van der Waals surface area (Å²) >= 11 is 0. The predicted octanol–water partition coefficient (Wildman–Crippen LogP) is 2.78. The van der Waals surface area contributed by atoms with Gasteiger partial charge in [0.25, 0.3) is 0 Å². The zero-order chi connectivity index (χ0) is 23.1. The monoisotopic (exact) mass is 442 g/mol. The molecule has 7 nitrogen and oxygen atoms in total. The van der Waals surface area contributed by atoms with Gasteiger partial charge in [-0.1, -0.05) is 37.0 Å². The van der Waals surface area contributed by atoms with Crippen molar-refractivity contribution in [1.29, 1.82) is 0 Å². The third-order valence-corrected chi connectivity index (χ3v) is 6.67. The molecule has 0 bridgehead atoms. The minimum absolute atomic E-state index is 0.0502. The van der Waals surface area contributed by atoms with E-state index in [0.717, 1.165) is 22.4 Å². The first-order chi connectivity index (χ1) is 15.3. The van der Waals surface area contributed by atoms with Gasteiger partial charge in [-0.3, -0.25) is 19.3 Å². The molecule has 1 heterocycles. The number of benzene rings is 1. The lowest BCUT2D eigenvalue weighted by Gasteiger charge is -2.35. The molecule has 7 heteroatoms. The fourth-order valence-corrected chi connectivity index (χ4v) is 4.92. The summed E-state index contributed by atoms with van der Waals surface area (Å²) in [6, 6.07) is 4.06. The summed E-state index contributed by atoms with van der Waals surface area (Å²) in [6.07, 6.45) is 6.85. The van der Waals surface area contributed by atoms with Crippen LogP contribution in [0.25, 0.3) is 0 Å². The van der Waals surface area contributed by atoms with Crippen molar-refractivity contribution in [1.82, 2.24) is 15.1 Å². The minimum Gasteiger partial charge on any atom is -0.346 e. The number of hydrogen-bond donors (Lipinski definition) is 2. The maximum Gasteiger partial charge on any atom is 0.243 e. The predicted molar refractivity (Wildman–Crippen MR) is 127 cm³/mol. The van der Waals surface area contributed by atoms with Gasteiger partial charge in [0.2, 0.25) is 17.7 Å². The summed E-state index contributed by atoms with van der Waals surface area (Å²) in [4.78, 5) is 41.2. The summed E-state index contributed by atoms with van der Waals surface area (Å²) < 4.78 is 0. The largest absolute Gasteiger partial charge is 0.346 e. The van der Waals surface area contributed by atoms with Crippen molar-refractivity contribution in [2.75, 3.05) is 44.6 Å². The van der Waals surface area contributed by atoms with Crippen LogP contribution in [0.2, 0.25) is 0 Å². The number of rotatable bonds is 7. The normalized spacial score (nSPS) is 17.8. The molecular weight excluding hydrogens is 404 g/mol. The standard InChI is InChI=1S/C25H38N4O3/c1-18-13-19(2)25(20(3)14-18)27-22(30)16-26-23(31)17-28-9-11-29(12-10-28)24(32)15-21-7-5-4-6-8-21/h13-14,21H,4-12,15-17H2,1-3H3,(H,26,31)(H,27,30). The second-order valence-corrected chi connectivity index (χ2v) is 9.46. The fourth-order valence-electron chi connectivity index (χ4n) is 4.92. The number of anilines is 1. The molecule has 1 aromatic carbocycles. The van der Waals surface area contributed by atoms with Crippen molar-refractivity contribution in [2.45, 2.75) is 59.3 Å². The molecule has 3 amide bonds. The van der Waals surface area contributed by atoms with E-state index in [1.807, 2.05) is 42.7 Å². The molecule has 1 aliphatic heterocycles. The van der Waals surface area contributed by atoms with Crippen molar-refractivity contribution < 1.29 is 14.4 Å². The highest BCUT2D eigenvalue weighted by atomic mass is 16.2. The molecule has 32 heavy (non-hydrogen) atoms. The van der Waals surface area contributed by atoms with Crippen LogP contribution < -0.4 is 10.6 Å². The summed E-state index contributed by atoms with van der Waals surface area (Å²) in [7, 11) is 0. The smallest absolute Gasteiger partial charge is 0.243 e. The highest BCUT2D eigenvalue weighted by Crippen LogP contribution is 2.27. The number of nitrogens with zero attached hydrogens (tertiary/aromatic N) is 2. The Morgan fingerprint density at radius 1 is 0.906 bits per heavy atom. The van der Waals surface area contributed by atoms with E-state index < -0.39 is 0 Å². The Balaban J connectivity index is 1.35. The van der Waals surface area contributed by atoms with E-state index >= 15 is 0 Å². The Morgan fingerprint density at radius 2 is 1.53 bits per heavy atom. The van der Waals surface area contributed by atoms with Crippen LogP contribution in [0.3, 0.4) is 0 Å². The van der Waals surface area contributed by atoms with Crippen molar-refractivity contribution in [3.8, 4) is 0 Å². The van der Waals surface area contributed by atoms with E-state index in [1.165, 1.54) is 32.1 Å². The number of aryl methyl sites for hydroxylation is 3. The van der Waals surface area contributed by atoms with Crippen molar-refractivity contribution in [3.05, 3.63) is 28.8 Å². The lowest BCUT2D eigenvalue weighted by molar-refractivity contribution is -0.134. The fraction of sp³-hybridized carbons (Fsp3) is 0.640. The molecule has 1 saturated heterocycles. The molecule has 0 radical (unpaired) electrons. The van der Waals surface area contributed by atoms with Gasteiger partial charge in [-0.15, -0.1) is 0 Å². The van der Waals surface area contributed by atoms with E-state index in [9.17, 15) is 14.4 Å². The number of carbonyl (C=O) groups is 3. The molecule has 1 aliphatic carbocycles.